The quantitative estimate of drug-likeness (QED) is 0.646. The van der Waals surface area contributed by atoms with E-state index in [1.54, 1.807) is 19.2 Å². The number of carbonyl (C=O) groups is 1. The molecule has 0 saturated heterocycles. The number of ether oxygens (including phenoxy) is 1. The Morgan fingerprint density at radius 1 is 1.19 bits per heavy atom. The monoisotopic (exact) mass is 371 g/mol. The zero-order valence-corrected chi connectivity index (χ0v) is 15.8. The van der Waals surface area contributed by atoms with E-state index in [0.29, 0.717) is 6.42 Å². The molecule has 0 fully saturated rings. The molecule has 0 unspecified atom stereocenters. The Morgan fingerprint density at radius 3 is 2.62 bits per heavy atom. The average Bonchev–Trinajstić information content (AvgIpc) is 3.20. The van der Waals surface area contributed by atoms with E-state index in [4.69, 9.17) is 4.74 Å². The van der Waals surface area contributed by atoms with Gasteiger partial charge in [-0.15, -0.1) is 10.2 Å². The average molecular weight is 371 g/mol. The van der Waals surface area contributed by atoms with Crippen molar-refractivity contribution < 1.29 is 9.53 Å². The maximum absolute atomic E-state index is 12.1. The fraction of sp³-hybridized carbons (Fsp3) is 0.278. The number of aryl methyl sites for hydroxylation is 1. The summed E-state index contributed by atoms with van der Waals surface area (Å²) in [5.41, 5.74) is 1.90. The van der Waals surface area contributed by atoms with Crippen LogP contribution >= 0.6 is 11.8 Å². The fourth-order valence-electron chi connectivity index (χ4n) is 2.47. The number of aromatic nitrogens is 4. The maximum atomic E-state index is 12.1. The normalized spacial score (nSPS) is 10.7. The zero-order valence-electron chi connectivity index (χ0n) is 15.0. The van der Waals surface area contributed by atoms with Crippen LogP contribution in [0.1, 0.15) is 11.5 Å². The first-order chi connectivity index (χ1) is 12.6. The van der Waals surface area contributed by atoms with Gasteiger partial charge in [-0.2, -0.15) is 0 Å². The highest BCUT2D eigenvalue weighted by Crippen LogP contribution is 2.19. The van der Waals surface area contributed by atoms with Crippen LogP contribution in [0, 0.1) is 0 Å². The highest BCUT2D eigenvalue weighted by atomic mass is 32.2. The van der Waals surface area contributed by atoms with E-state index < -0.39 is 0 Å². The molecule has 0 aliphatic rings. The van der Waals surface area contributed by atoms with E-state index in [-0.39, 0.29) is 11.7 Å². The van der Waals surface area contributed by atoms with E-state index in [9.17, 15) is 4.79 Å². The minimum atomic E-state index is -0.0906. The molecule has 0 aliphatic heterocycles. The number of hydrogen-bond acceptors (Lipinski definition) is 5. The third kappa shape index (κ3) is 4.26. The summed E-state index contributed by atoms with van der Waals surface area (Å²) < 4.78 is 9.09. The van der Waals surface area contributed by atoms with Crippen LogP contribution < -0.4 is 10.1 Å². The number of rotatable bonds is 7. The van der Waals surface area contributed by atoms with Crippen LogP contribution in [0.5, 0.6) is 5.75 Å². The van der Waals surface area contributed by atoms with Gasteiger partial charge in [-0.05, 0) is 36.4 Å². The highest BCUT2D eigenvalue weighted by Gasteiger charge is 2.13. The molecule has 1 amide bonds. The molecule has 0 aliphatic carbocycles. The van der Waals surface area contributed by atoms with Gasteiger partial charge >= 0.3 is 0 Å². The lowest BCUT2D eigenvalue weighted by molar-refractivity contribution is -0.113. The Morgan fingerprint density at radius 2 is 1.96 bits per heavy atom. The van der Waals surface area contributed by atoms with Crippen molar-refractivity contribution in [1.82, 2.24) is 19.3 Å². The lowest BCUT2D eigenvalue weighted by atomic mass is 10.3. The molecule has 0 saturated carbocycles. The number of nitrogens with zero attached hydrogens (tertiary/aromatic N) is 4. The zero-order chi connectivity index (χ0) is 18.5. The lowest BCUT2D eigenvalue weighted by Crippen LogP contribution is -2.14. The molecule has 136 valence electrons. The van der Waals surface area contributed by atoms with Crippen molar-refractivity contribution in [2.75, 3.05) is 18.2 Å². The van der Waals surface area contributed by atoms with Crippen LogP contribution in [0.25, 0.3) is 0 Å². The second kappa shape index (κ2) is 8.09. The van der Waals surface area contributed by atoms with Gasteiger partial charge in [0.2, 0.25) is 5.91 Å². The standard InChI is InChI=1S/C18H21N5O2S/c1-22-10-4-5-14(22)11-16-20-21-18(23(16)2)26-12-17(24)19-13-6-8-15(25-3)9-7-13/h4-10H,11-12H2,1-3H3,(H,19,24). The molecule has 26 heavy (non-hydrogen) atoms. The van der Waals surface area contributed by atoms with Gasteiger partial charge in [0.05, 0.1) is 12.9 Å². The molecule has 0 bridgehead atoms. The summed E-state index contributed by atoms with van der Waals surface area (Å²) in [6.07, 6.45) is 2.70. The second-order valence-electron chi connectivity index (χ2n) is 5.81. The number of methoxy groups -OCH3 is 1. The number of hydrogen-bond donors (Lipinski definition) is 1. The predicted octanol–water partition coefficient (Wildman–Crippen LogP) is 2.48. The third-order valence-electron chi connectivity index (χ3n) is 4.02. The minimum absolute atomic E-state index is 0.0906. The van der Waals surface area contributed by atoms with Crippen molar-refractivity contribution in [1.29, 1.82) is 0 Å². The van der Waals surface area contributed by atoms with Crippen molar-refractivity contribution in [3.8, 4) is 5.75 Å². The number of anilines is 1. The van der Waals surface area contributed by atoms with Crippen LogP contribution in [0.3, 0.4) is 0 Å². The van der Waals surface area contributed by atoms with E-state index in [0.717, 1.165) is 28.1 Å². The third-order valence-corrected chi connectivity index (χ3v) is 5.04. The summed E-state index contributed by atoms with van der Waals surface area (Å²) in [6, 6.07) is 11.3. The van der Waals surface area contributed by atoms with Gasteiger partial charge in [-0.25, -0.2) is 0 Å². The van der Waals surface area contributed by atoms with E-state index in [2.05, 4.69) is 26.1 Å². The maximum Gasteiger partial charge on any atom is 0.234 e. The fourth-order valence-corrected chi connectivity index (χ4v) is 3.20. The van der Waals surface area contributed by atoms with Crippen molar-refractivity contribution >= 4 is 23.4 Å². The van der Waals surface area contributed by atoms with E-state index >= 15 is 0 Å². The Hall–Kier alpha value is -2.74. The molecule has 3 rings (SSSR count). The first kappa shape index (κ1) is 18.1. The molecule has 2 aromatic heterocycles. The van der Waals surface area contributed by atoms with Crippen LogP contribution in [0.4, 0.5) is 5.69 Å². The van der Waals surface area contributed by atoms with Crippen LogP contribution in [0.15, 0.2) is 47.8 Å². The van der Waals surface area contributed by atoms with E-state index in [1.165, 1.54) is 11.8 Å². The number of nitrogens with one attached hydrogen (secondary N) is 1. The van der Waals surface area contributed by atoms with Gasteiger partial charge in [0.15, 0.2) is 5.16 Å². The Kier molecular flexibility index (Phi) is 5.62. The van der Waals surface area contributed by atoms with Crippen molar-refractivity contribution in [2.24, 2.45) is 14.1 Å². The van der Waals surface area contributed by atoms with Crippen molar-refractivity contribution in [3.05, 3.63) is 54.1 Å². The van der Waals surface area contributed by atoms with Gasteiger partial charge in [0, 0.05) is 38.1 Å². The molecular weight excluding hydrogens is 350 g/mol. The molecule has 3 aromatic rings. The molecule has 1 aromatic carbocycles. The largest absolute Gasteiger partial charge is 0.497 e. The smallest absolute Gasteiger partial charge is 0.234 e. The predicted molar refractivity (Wildman–Crippen MR) is 102 cm³/mol. The minimum Gasteiger partial charge on any atom is -0.497 e. The van der Waals surface area contributed by atoms with Gasteiger partial charge in [0.25, 0.3) is 0 Å². The summed E-state index contributed by atoms with van der Waals surface area (Å²) in [5.74, 6) is 1.79. The summed E-state index contributed by atoms with van der Waals surface area (Å²) in [7, 11) is 5.53. The Bertz CT molecular complexity index is 885. The van der Waals surface area contributed by atoms with Crippen molar-refractivity contribution in [2.45, 2.75) is 11.6 Å². The Balaban J connectivity index is 1.55. The molecule has 0 atom stereocenters. The highest BCUT2D eigenvalue weighted by molar-refractivity contribution is 7.99. The summed E-state index contributed by atoms with van der Waals surface area (Å²) >= 11 is 1.37. The number of amides is 1. The molecular formula is C18H21N5O2S. The molecule has 8 heteroatoms. The first-order valence-electron chi connectivity index (χ1n) is 8.12. The van der Waals surface area contributed by atoms with E-state index in [1.807, 2.05) is 43.1 Å². The van der Waals surface area contributed by atoms with Gasteiger partial charge in [-0.3, -0.25) is 4.79 Å². The molecule has 7 nitrogen and oxygen atoms in total. The van der Waals surface area contributed by atoms with Crippen LogP contribution in [-0.2, 0) is 25.3 Å². The topological polar surface area (TPSA) is 74.0 Å². The molecule has 2 heterocycles. The number of carbonyl (C=O) groups excluding carboxylic acids is 1. The second-order valence-corrected chi connectivity index (χ2v) is 6.75. The SMILES string of the molecule is COc1ccc(NC(=O)CSc2nnc(Cc3cccn3C)n2C)cc1. The molecule has 0 radical (unpaired) electrons. The Labute approximate surface area is 156 Å². The van der Waals surface area contributed by atoms with Crippen LogP contribution in [-0.4, -0.2) is 38.1 Å². The van der Waals surface area contributed by atoms with Gasteiger partial charge in [0.1, 0.15) is 11.6 Å². The summed E-state index contributed by atoms with van der Waals surface area (Å²) in [5, 5.41) is 12.0. The van der Waals surface area contributed by atoms with Crippen LogP contribution in [0.2, 0.25) is 0 Å². The first-order valence-corrected chi connectivity index (χ1v) is 9.10. The van der Waals surface area contributed by atoms with Crippen molar-refractivity contribution in [3.63, 3.8) is 0 Å². The molecule has 1 N–H and O–H groups in total. The summed E-state index contributed by atoms with van der Waals surface area (Å²) in [6.45, 7) is 0. The number of thioether (sulfide) groups is 1. The lowest BCUT2D eigenvalue weighted by Gasteiger charge is -2.07. The summed E-state index contributed by atoms with van der Waals surface area (Å²) in [4.78, 5) is 12.1. The number of benzene rings is 1. The molecule has 0 spiro atoms. The van der Waals surface area contributed by atoms with Gasteiger partial charge in [-0.1, -0.05) is 11.8 Å². The van der Waals surface area contributed by atoms with Gasteiger partial charge < -0.3 is 19.2 Å².